The van der Waals surface area contributed by atoms with Crippen molar-refractivity contribution in [3.63, 3.8) is 0 Å². The number of oxazole rings is 1. The number of halogens is 1. The van der Waals surface area contributed by atoms with Crippen molar-refractivity contribution in [2.75, 3.05) is 20.2 Å². The van der Waals surface area contributed by atoms with Crippen LogP contribution in [-0.2, 0) is 6.54 Å². The summed E-state index contributed by atoms with van der Waals surface area (Å²) in [6, 6.07) is 16.2. The molecule has 6 nitrogen and oxygen atoms in total. The minimum Gasteiger partial charge on any atom is -0.496 e. The van der Waals surface area contributed by atoms with E-state index in [2.05, 4.69) is 40.5 Å². The van der Waals surface area contributed by atoms with Crippen molar-refractivity contribution in [1.29, 1.82) is 0 Å². The molecular formula is C24H31IN4O2. The molecule has 2 N–H and O–H groups in total. The molecule has 0 saturated heterocycles. The smallest absolute Gasteiger partial charge is 0.226 e. The first-order valence-electron chi connectivity index (χ1n) is 10.3. The van der Waals surface area contributed by atoms with Gasteiger partial charge in [-0.1, -0.05) is 42.8 Å². The van der Waals surface area contributed by atoms with Crippen molar-refractivity contribution in [3.8, 4) is 17.2 Å². The summed E-state index contributed by atoms with van der Waals surface area (Å²) in [5.74, 6) is 2.53. The Labute approximate surface area is 201 Å². The van der Waals surface area contributed by atoms with Crippen molar-refractivity contribution in [3.05, 3.63) is 71.6 Å². The van der Waals surface area contributed by atoms with E-state index in [-0.39, 0.29) is 29.9 Å². The largest absolute Gasteiger partial charge is 0.496 e. The van der Waals surface area contributed by atoms with E-state index in [0.29, 0.717) is 12.4 Å². The van der Waals surface area contributed by atoms with Crippen molar-refractivity contribution < 1.29 is 9.15 Å². The molecule has 0 bridgehead atoms. The van der Waals surface area contributed by atoms with Crippen molar-refractivity contribution >= 4 is 29.9 Å². The third kappa shape index (κ3) is 6.99. The van der Waals surface area contributed by atoms with Crippen molar-refractivity contribution in [2.24, 2.45) is 4.99 Å². The second-order valence-electron chi connectivity index (χ2n) is 7.23. The lowest BCUT2D eigenvalue weighted by Crippen LogP contribution is -2.39. The molecule has 1 unspecified atom stereocenters. The number of aromatic nitrogens is 1. The first-order valence-corrected chi connectivity index (χ1v) is 10.3. The fourth-order valence-corrected chi connectivity index (χ4v) is 3.14. The second-order valence-corrected chi connectivity index (χ2v) is 7.23. The maximum atomic E-state index is 5.63. The first-order chi connectivity index (χ1) is 14.6. The molecule has 0 aliphatic heterocycles. The third-order valence-corrected chi connectivity index (χ3v) is 4.84. The predicted molar refractivity (Wildman–Crippen MR) is 136 cm³/mol. The molecule has 0 spiro atoms. The van der Waals surface area contributed by atoms with Crippen LogP contribution in [0.4, 0.5) is 0 Å². The van der Waals surface area contributed by atoms with Gasteiger partial charge in [-0.05, 0) is 37.6 Å². The summed E-state index contributed by atoms with van der Waals surface area (Å²) in [7, 11) is 1.70. The minimum atomic E-state index is 0. The Morgan fingerprint density at radius 3 is 2.58 bits per heavy atom. The van der Waals surface area contributed by atoms with Gasteiger partial charge in [0.15, 0.2) is 5.96 Å². The normalized spacial score (nSPS) is 12.1. The van der Waals surface area contributed by atoms with Gasteiger partial charge in [0, 0.05) is 24.6 Å². The highest BCUT2D eigenvalue weighted by Crippen LogP contribution is 2.25. The van der Waals surface area contributed by atoms with E-state index in [1.807, 2.05) is 49.4 Å². The lowest BCUT2D eigenvalue weighted by atomic mass is 10.0. The number of benzene rings is 2. The van der Waals surface area contributed by atoms with Crippen LogP contribution in [0.15, 0.2) is 64.2 Å². The number of para-hydroxylation sites is 1. The van der Waals surface area contributed by atoms with E-state index in [0.717, 1.165) is 36.1 Å². The first kappa shape index (κ1) is 24.7. The summed E-state index contributed by atoms with van der Waals surface area (Å²) in [4.78, 5) is 9.22. The van der Waals surface area contributed by atoms with Crippen LogP contribution in [0, 0.1) is 6.92 Å². The summed E-state index contributed by atoms with van der Waals surface area (Å²) in [5.41, 5.74) is 4.13. The lowest BCUT2D eigenvalue weighted by Gasteiger charge is -2.18. The topological polar surface area (TPSA) is 71.7 Å². The van der Waals surface area contributed by atoms with Gasteiger partial charge in [-0.3, -0.25) is 0 Å². The molecule has 31 heavy (non-hydrogen) atoms. The van der Waals surface area contributed by atoms with Gasteiger partial charge in [0.1, 0.15) is 17.7 Å². The van der Waals surface area contributed by atoms with Crippen LogP contribution in [0.25, 0.3) is 11.5 Å². The molecule has 1 heterocycles. The van der Waals surface area contributed by atoms with Gasteiger partial charge in [-0.25, -0.2) is 9.98 Å². The van der Waals surface area contributed by atoms with Gasteiger partial charge >= 0.3 is 0 Å². The van der Waals surface area contributed by atoms with E-state index in [1.54, 1.807) is 13.4 Å². The van der Waals surface area contributed by atoms with Crippen LogP contribution in [0.5, 0.6) is 5.75 Å². The Bertz CT molecular complexity index is 970. The number of rotatable bonds is 8. The molecule has 0 radical (unpaired) electrons. The SMILES string of the molecule is CCNC(=NCc1coc(-c2ccc(C)cc2)n1)NCC(C)c1ccccc1OC.I. The molecule has 1 aromatic heterocycles. The fraction of sp³-hybridized carbons (Fsp3) is 0.333. The van der Waals surface area contributed by atoms with Gasteiger partial charge < -0.3 is 19.8 Å². The number of methoxy groups -OCH3 is 1. The zero-order valence-corrected chi connectivity index (χ0v) is 20.8. The van der Waals surface area contributed by atoms with Crippen LogP contribution in [0.1, 0.15) is 36.6 Å². The van der Waals surface area contributed by atoms with Gasteiger partial charge in [0.05, 0.1) is 13.7 Å². The number of aryl methyl sites for hydroxylation is 1. The second kappa shape index (κ2) is 12.3. The Kier molecular flexibility index (Phi) is 9.84. The molecule has 0 saturated carbocycles. The maximum Gasteiger partial charge on any atom is 0.226 e. The van der Waals surface area contributed by atoms with E-state index in [4.69, 9.17) is 9.15 Å². The van der Waals surface area contributed by atoms with Gasteiger partial charge in [0.25, 0.3) is 0 Å². The number of hydrogen-bond acceptors (Lipinski definition) is 4. The molecule has 0 amide bonds. The van der Waals surface area contributed by atoms with Crippen LogP contribution < -0.4 is 15.4 Å². The maximum absolute atomic E-state index is 5.63. The van der Waals surface area contributed by atoms with E-state index in [9.17, 15) is 0 Å². The molecule has 3 aromatic rings. The highest BCUT2D eigenvalue weighted by atomic mass is 127. The Morgan fingerprint density at radius 1 is 1.13 bits per heavy atom. The Balaban J connectivity index is 0.00000341. The zero-order valence-electron chi connectivity index (χ0n) is 18.5. The lowest BCUT2D eigenvalue weighted by molar-refractivity contribution is 0.406. The Morgan fingerprint density at radius 2 is 1.87 bits per heavy atom. The number of aliphatic imine (C=N–C) groups is 1. The Hall–Kier alpha value is -2.55. The van der Waals surface area contributed by atoms with E-state index < -0.39 is 0 Å². The van der Waals surface area contributed by atoms with Crippen LogP contribution in [0.3, 0.4) is 0 Å². The quantitative estimate of drug-likeness (QED) is 0.238. The number of nitrogens with zero attached hydrogens (tertiary/aromatic N) is 2. The highest BCUT2D eigenvalue weighted by molar-refractivity contribution is 14.0. The monoisotopic (exact) mass is 534 g/mol. The molecule has 0 aliphatic carbocycles. The molecule has 0 aliphatic rings. The average Bonchev–Trinajstić information content (AvgIpc) is 3.25. The molecular weight excluding hydrogens is 503 g/mol. The summed E-state index contributed by atoms with van der Waals surface area (Å²) in [6.07, 6.45) is 1.67. The summed E-state index contributed by atoms with van der Waals surface area (Å²) < 4.78 is 11.1. The van der Waals surface area contributed by atoms with Crippen LogP contribution in [0.2, 0.25) is 0 Å². The molecule has 1 atom stereocenters. The van der Waals surface area contributed by atoms with Crippen LogP contribution in [-0.4, -0.2) is 31.1 Å². The number of nitrogens with one attached hydrogen (secondary N) is 2. The summed E-state index contributed by atoms with van der Waals surface area (Å²) >= 11 is 0. The minimum absolute atomic E-state index is 0. The van der Waals surface area contributed by atoms with Crippen molar-refractivity contribution in [2.45, 2.75) is 33.2 Å². The third-order valence-electron chi connectivity index (χ3n) is 4.84. The summed E-state index contributed by atoms with van der Waals surface area (Å²) in [6.45, 7) is 8.23. The van der Waals surface area contributed by atoms with Crippen LogP contribution >= 0.6 is 24.0 Å². The molecule has 2 aromatic carbocycles. The predicted octanol–water partition coefficient (Wildman–Crippen LogP) is 5.14. The fourth-order valence-electron chi connectivity index (χ4n) is 3.14. The molecule has 0 fully saturated rings. The summed E-state index contributed by atoms with van der Waals surface area (Å²) in [5, 5.41) is 6.69. The number of hydrogen-bond donors (Lipinski definition) is 2. The van der Waals surface area contributed by atoms with E-state index in [1.165, 1.54) is 11.1 Å². The highest BCUT2D eigenvalue weighted by Gasteiger charge is 2.12. The molecule has 166 valence electrons. The number of ether oxygens (including phenoxy) is 1. The van der Waals surface area contributed by atoms with Gasteiger partial charge in [0.2, 0.25) is 5.89 Å². The number of guanidine groups is 1. The zero-order chi connectivity index (χ0) is 21.3. The molecule has 3 rings (SSSR count). The average molecular weight is 534 g/mol. The standard InChI is InChI=1S/C24H30N4O2.HI/c1-5-25-24(26-14-18(3)21-8-6-7-9-22(21)29-4)27-15-20-16-30-23(28-20)19-12-10-17(2)11-13-19;/h6-13,16,18H,5,14-15H2,1-4H3,(H2,25,26,27);1H. The van der Waals surface area contributed by atoms with Crippen molar-refractivity contribution in [1.82, 2.24) is 15.6 Å². The van der Waals surface area contributed by atoms with Gasteiger partial charge in [-0.15, -0.1) is 24.0 Å². The van der Waals surface area contributed by atoms with E-state index >= 15 is 0 Å². The van der Waals surface area contributed by atoms with Gasteiger partial charge in [-0.2, -0.15) is 0 Å². The molecule has 7 heteroatoms.